The number of ether oxygens (including phenoxy) is 3. The molecule has 2 aromatic carbocycles. The van der Waals surface area contributed by atoms with Crippen LogP contribution in [-0.2, 0) is 0 Å². The Morgan fingerprint density at radius 3 is 2.32 bits per heavy atom. The predicted octanol–water partition coefficient (Wildman–Crippen LogP) is 3.93. The summed E-state index contributed by atoms with van der Waals surface area (Å²) in [5, 5.41) is 14.2. The molecule has 0 aromatic heterocycles. The summed E-state index contributed by atoms with van der Waals surface area (Å²) >= 11 is 0. The number of rotatable bonds is 7. The lowest BCUT2D eigenvalue weighted by Gasteiger charge is -2.19. The third-order valence-electron chi connectivity index (χ3n) is 3.75. The lowest BCUT2D eigenvalue weighted by molar-refractivity contribution is -0.384. The van der Waals surface area contributed by atoms with Crippen LogP contribution in [0.1, 0.15) is 18.5 Å². The summed E-state index contributed by atoms with van der Waals surface area (Å²) in [5.41, 5.74) is 0.534. The van der Waals surface area contributed by atoms with Gasteiger partial charge in [-0.15, -0.1) is 0 Å². The molecule has 2 rings (SSSR count). The molecule has 0 saturated heterocycles. The van der Waals surface area contributed by atoms with Gasteiger partial charge in [0.2, 0.25) is 0 Å². The van der Waals surface area contributed by atoms with E-state index >= 15 is 0 Å². The molecule has 0 heterocycles. The second-order valence-corrected chi connectivity index (χ2v) is 5.23. The number of hydrogen-bond donors (Lipinski definition) is 1. The van der Waals surface area contributed by atoms with Gasteiger partial charge in [0.1, 0.15) is 17.2 Å². The van der Waals surface area contributed by atoms with Crippen molar-refractivity contribution in [3.05, 3.63) is 51.8 Å². The van der Waals surface area contributed by atoms with E-state index in [4.69, 9.17) is 14.2 Å². The van der Waals surface area contributed by atoms with Crippen LogP contribution < -0.4 is 19.5 Å². The molecule has 25 heavy (non-hydrogen) atoms. The zero-order chi connectivity index (χ0) is 18.6. The maximum absolute atomic E-state index is 13.8. The van der Waals surface area contributed by atoms with Crippen LogP contribution in [0.2, 0.25) is 0 Å². The molecule has 0 spiro atoms. The Kier molecular flexibility index (Phi) is 5.63. The second-order valence-electron chi connectivity index (χ2n) is 5.23. The molecule has 0 aliphatic heterocycles. The van der Waals surface area contributed by atoms with E-state index in [0.29, 0.717) is 11.5 Å². The number of anilines is 1. The fourth-order valence-corrected chi connectivity index (χ4v) is 2.45. The highest BCUT2D eigenvalue weighted by Gasteiger charge is 2.22. The monoisotopic (exact) mass is 350 g/mol. The Labute approximate surface area is 144 Å². The molecule has 0 saturated carbocycles. The Hall–Kier alpha value is -3.03. The van der Waals surface area contributed by atoms with Gasteiger partial charge in [0, 0.05) is 17.7 Å². The molecule has 0 radical (unpaired) electrons. The number of methoxy groups -OCH3 is 3. The van der Waals surface area contributed by atoms with Crippen molar-refractivity contribution >= 4 is 11.4 Å². The van der Waals surface area contributed by atoms with E-state index in [-0.39, 0.29) is 23.2 Å². The van der Waals surface area contributed by atoms with E-state index in [1.54, 1.807) is 25.3 Å². The molecule has 1 N–H and O–H groups in total. The summed E-state index contributed by atoms with van der Waals surface area (Å²) in [6, 6.07) is 7.01. The minimum atomic E-state index is -0.797. The molecule has 8 heteroatoms. The maximum Gasteiger partial charge on any atom is 0.295 e. The Morgan fingerprint density at radius 2 is 1.76 bits per heavy atom. The fraction of sp³-hybridized carbons (Fsp3) is 0.294. The van der Waals surface area contributed by atoms with Gasteiger partial charge in [-0.2, -0.15) is 0 Å². The van der Waals surface area contributed by atoms with Gasteiger partial charge >= 0.3 is 0 Å². The Balaban J connectivity index is 2.40. The highest BCUT2D eigenvalue weighted by atomic mass is 19.1. The summed E-state index contributed by atoms with van der Waals surface area (Å²) in [6.45, 7) is 1.81. The first-order valence-electron chi connectivity index (χ1n) is 7.41. The van der Waals surface area contributed by atoms with Gasteiger partial charge in [-0.05, 0) is 19.1 Å². The first-order valence-corrected chi connectivity index (χ1v) is 7.41. The van der Waals surface area contributed by atoms with Gasteiger partial charge in [0.15, 0.2) is 11.6 Å². The molecule has 134 valence electrons. The molecule has 0 bridgehead atoms. The quantitative estimate of drug-likeness (QED) is 0.602. The average molecular weight is 350 g/mol. The van der Waals surface area contributed by atoms with Gasteiger partial charge in [0.05, 0.1) is 38.4 Å². The van der Waals surface area contributed by atoms with Crippen molar-refractivity contribution in [3.63, 3.8) is 0 Å². The van der Waals surface area contributed by atoms with Crippen molar-refractivity contribution in [2.45, 2.75) is 13.0 Å². The normalized spacial score (nSPS) is 11.6. The summed E-state index contributed by atoms with van der Waals surface area (Å²) in [5.74, 6) is 0.315. The van der Waals surface area contributed by atoms with Crippen molar-refractivity contribution in [1.82, 2.24) is 0 Å². The Bertz CT molecular complexity index is 782. The van der Waals surface area contributed by atoms with Gasteiger partial charge in [-0.3, -0.25) is 10.1 Å². The van der Waals surface area contributed by atoms with Crippen molar-refractivity contribution in [3.8, 4) is 17.2 Å². The number of nitro groups is 1. The number of nitrogens with zero attached hydrogens (tertiary/aromatic N) is 1. The molecule has 1 unspecified atom stereocenters. The molecule has 1 atom stereocenters. The summed E-state index contributed by atoms with van der Waals surface area (Å²) in [7, 11) is 4.36. The van der Waals surface area contributed by atoms with Crippen molar-refractivity contribution in [1.29, 1.82) is 0 Å². The SMILES string of the molecule is COc1ccc(C(C)Nc2cc(OC)c(F)cc2[N+](=O)[O-])c(OC)c1. The van der Waals surface area contributed by atoms with Crippen molar-refractivity contribution < 1.29 is 23.5 Å². The van der Waals surface area contributed by atoms with Gasteiger partial charge in [-0.1, -0.05) is 0 Å². The van der Waals surface area contributed by atoms with Crippen LogP contribution in [0.15, 0.2) is 30.3 Å². The molecular formula is C17H19FN2O5. The minimum Gasteiger partial charge on any atom is -0.497 e. The molecular weight excluding hydrogens is 331 g/mol. The highest BCUT2D eigenvalue weighted by molar-refractivity contribution is 5.65. The first-order chi connectivity index (χ1) is 11.9. The zero-order valence-electron chi connectivity index (χ0n) is 14.3. The number of nitrogens with one attached hydrogen (secondary N) is 1. The third kappa shape index (κ3) is 3.90. The topological polar surface area (TPSA) is 82.9 Å². The summed E-state index contributed by atoms with van der Waals surface area (Å²) < 4.78 is 29.2. The fourth-order valence-electron chi connectivity index (χ4n) is 2.45. The van der Waals surface area contributed by atoms with Crippen LogP contribution in [0.25, 0.3) is 0 Å². The van der Waals surface area contributed by atoms with E-state index in [9.17, 15) is 14.5 Å². The third-order valence-corrected chi connectivity index (χ3v) is 3.75. The summed E-state index contributed by atoms with van der Waals surface area (Å²) in [6.07, 6.45) is 0. The van der Waals surface area contributed by atoms with E-state index in [1.165, 1.54) is 20.3 Å². The van der Waals surface area contributed by atoms with E-state index in [2.05, 4.69) is 5.32 Å². The van der Waals surface area contributed by atoms with Gasteiger partial charge in [-0.25, -0.2) is 4.39 Å². The van der Waals surface area contributed by atoms with Gasteiger partial charge in [0.25, 0.3) is 5.69 Å². The molecule has 7 nitrogen and oxygen atoms in total. The van der Waals surface area contributed by atoms with Crippen LogP contribution in [0.4, 0.5) is 15.8 Å². The van der Waals surface area contributed by atoms with Gasteiger partial charge < -0.3 is 19.5 Å². The number of nitro benzene ring substituents is 1. The van der Waals surface area contributed by atoms with Crippen LogP contribution >= 0.6 is 0 Å². The second kappa shape index (κ2) is 7.69. The van der Waals surface area contributed by atoms with E-state index in [0.717, 1.165) is 11.6 Å². The van der Waals surface area contributed by atoms with E-state index < -0.39 is 10.7 Å². The predicted molar refractivity (Wildman–Crippen MR) is 91.2 cm³/mol. The molecule has 0 amide bonds. The number of halogens is 1. The average Bonchev–Trinajstić information content (AvgIpc) is 2.61. The minimum absolute atomic E-state index is 0.0815. The zero-order valence-corrected chi connectivity index (χ0v) is 14.3. The smallest absolute Gasteiger partial charge is 0.295 e. The first kappa shape index (κ1) is 18.3. The molecule has 2 aromatic rings. The van der Waals surface area contributed by atoms with E-state index in [1.807, 2.05) is 6.92 Å². The number of hydrogen-bond acceptors (Lipinski definition) is 6. The van der Waals surface area contributed by atoms with Crippen LogP contribution in [0, 0.1) is 15.9 Å². The summed E-state index contributed by atoms with van der Waals surface area (Å²) in [4.78, 5) is 10.6. The molecule has 0 aliphatic rings. The van der Waals surface area contributed by atoms with Crippen LogP contribution in [0.5, 0.6) is 17.2 Å². The van der Waals surface area contributed by atoms with Crippen molar-refractivity contribution in [2.24, 2.45) is 0 Å². The molecule has 0 aliphatic carbocycles. The lowest BCUT2D eigenvalue weighted by atomic mass is 10.1. The highest BCUT2D eigenvalue weighted by Crippen LogP contribution is 2.36. The Morgan fingerprint density at radius 1 is 1.08 bits per heavy atom. The maximum atomic E-state index is 13.8. The van der Waals surface area contributed by atoms with Crippen molar-refractivity contribution in [2.75, 3.05) is 26.6 Å². The van der Waals surface area contributed by atoms with Crippen LogP contribution in [0.3, 0.4) is 0 Å². The number of benzene rings is 2. The molecule has 0 fully saturated rings. The largest absolute Gasteiger partial charge is 0.497 e. The standard InChI is InChI=1S/C17H19FN2O5/c1-10(12-6-5-11(23-2)7-16(12)24-3)19-14-9-17(25-4)13(18)8-15(14)20(21)22/h5-10,19H,1-4H3. The lowest BCUT2D eigenvalue weighted by Crippen LogP contribution is -2.10. The van der Waals surface area contributed by atoms with Crippen LogP contribution in [-0.4, -0.2) is 26.3 Å².